The highest BCUT2D eigenvalue weighted by Gasteiger charge is 2.50. The van der Waals surface area contributed by atoms with Crippen LogP contribution in [0.25, 0.3) is 11.2 Å². The Kier molecular flexibility index (Phi) is 8.71. The summed E-state index contributed by atoms with van der Waals surface area (Å²) in [6, 6.07) is 10.1. The van der Waals surface area contributed by atoms with Crippen molar-refractivity contribution in [1.29, 1.82) is 0 Å². The quantitative estimate of drug-likeness (QED) is 0.159. The van der Waals surface area contributed by atoms with Gasteiger partial charge in [0.1, 0.15) is 12.8 Å². The molecular formula is C27H34N8O6. The van der Waals surface area contributed by atoms with E-state index < -0.39 is 24.5 Å². The molecule has 0 aliphatic carbocycles. The van der Waals surface area contributed by atoms with E-state index in [0.29, 0.717) is 35.8 Å². The Morgan fingerprint density at radius 2 is 1.98 bits per heavy atom. The average Bonchev–Trinajstić information content (AvgIpc) is 3.70. The van der Waals surface area contributed by atoms with E-state index >= 15 is 0 Å². The normalized spacial score (nSPS) is 20.5. The number of aliphatic hydroxyl groups is 2. The van der Waals surface area contributed by atoms with Gasteiger partial charge in [0.25, 0.3) is 12.4 Å². The predicted molar refractivity (Wildman–Crippen MR) is 147 cm³/mol. The fourth-order valence-electron chi connectivity index (χ4n) is 4.89. The van der Waals surface area contributed by atoms with Gasteiger partial charge in [-0.1, -0.05) is 49.3 Å². The van der Waals surface area contributed by atoms with Crippen LogP contribution in [0.1, 0.15) is 56.3 Å². The van der Waals surface area contributed by atoms with Crippen LogP contribution in [-0.4, -0.2) is 77.9 Å². The Labute approximate surface area is 236 Å². The third-order valence-electron chi connectivity index (χ3n) is 7.19. The Morgan fingerprint density at radius 3 is 2.63 bits per heavy atom. The van der Waals surface area contributed by atoms with Crippen molar-refractivity contribution in [3.63, 3.8) is 0 Å². The van der Waals surface area contributed by atoms with Crippen LogP contribution in [0.4, 0.5) is 11.8 Å². The van der Waals surface area contributed by atoms with E-state index in [-0.39, 0.29) is 31.1 Å². The van der Waals surface area contributed by atoms with Crippen LogP contribution < -0.4 is 10.2 Å². The molecule has 1 fully saturated rings. The summed E-state index contributed by atoms with van der Waals surface area (Å²) < 4.78 is 18.1. The summed E-state index contributed by atoms with van der Waals surface area (Å²) in [6.07, 6.45) is -0.625. The van der Waals surface area contributed by atoms with Gasteiger partial charge in [-0.15, -0.1) is 0 Å². The van der Waals surface area contributed by atoms with Crippen molar-refractivity contribution >= 4 is 29.4 Å². The maximum atomic E-state index is 11.3. The SMILES string of the molecule is CCC(CC)Nc1nc(N(CO)CCc2ccccc2)nc2c1ncn2[C@@H]1O[C@H](c2nc(C)no2)[C@@H](OC=O)[C@H]1O. The molecule has 14 heteroatoms. The van der Waals surface area contributed by atoms with E-state index in [1.807, 2.05) is 30.3 Å². The zero-order chi connectivity index (χ0) is 28.9. The molecule has 4 atom stereocenters. The van der Waals surface area contributed by atoms with Crippen LogP contribution in [0.15, 0.2) is 41.2 Å². The first-order chi connectivity index (χ1) is 20.0. The van der Waals surface area contributed by atoms with E-state index in [0.717, 1.165) is 18.4 Å². The summed E-state index contributed by atoms with van der Waals surface area (Å²) in [5, 5.41) is 28.7. The van der Waals surface area contributed by atoms with Gasteiger partial charge in [-0.2, -0.15) is 15.0 Å². The Balaban J connectivity index is 1.54. The lowest BCUT2D eigenvalue weighted by Gasteiger charge is -2.23. The first kappa shape index (κ1) is 28.4. The van der Waals surface area contributed by atoms with Gasteiger partial charge in [-0.25, -0.2) is 4.98 Å². The molecule has 41 heavy (non-hydrogen) atoms. The molecule has 4 heterocycles. The molecule has 5 rings (SSSR count). The molecule has 1 saturated heterocycles. The van der Waals surface area contributed by atoms with Crippen molar-refractivity contribution in [2.45, 2.75) is 70.6 Å². The van der Waals surface area contributed by atoms with E-state index in [2.05, 4.69) is 34.3 Å². The van der Waals surface area contributed by atoms with Gasteiger partial charge in [-0.3, -0.25) is 9.36 Å². The van der Waals surface area contributed by atoms with Gasteiger partial charge >= 0.3 is 0 Å². The number of rotatable bonds is 13. The molecule has 3 aromatic heterocycles. The van der Waals surface area contributed by atoms with Gasteiger partial charge in [0.2, 0.25) is 5.95 Å². The van der Waals surface area contributed by atoms with Gasteiger partial charge in [-0.05, 0) is 31.7 Å². The molecule has 4 aromatic rings. The van der Waals surface area contributed by atoms with Crippen molar-refractivity contribution in [2.24, 2.45) is 0 Å². The molecule has 1 aliphatic heterocycles. The fraction of sp³-hybridized carbons (Fsp3) is 0.481. The smallest absolute Gasteiger partial charge is 0.293 e. The number of benzene rings is 1. The lowest BCUT2D eigenvalue weighted by Crippen LogP contribution is -2.32. The molecule has 3 N–H and O–H groups in total. The Morgan fingerprint density at radius 1 is 1.20 bits per heavy atom. The Bertz CT molecular complexity index is 1440. The van der Waals surface area contributed by atoms with Crippen LogP contribution in [0, 0.1) is 6.92 Å². The molecule has 0 radical (unpaired) electrons. The minimum atomic E-state index is -1.31. The van der Waals surface area contributed by atoms with E-state index in [9.17, 15) is 15.0 Å². The zero-order valence-electron chi connectivity index (χ0n) is 23.1. The highest BCUT2D eigenvalue weighted by molar-refractivity contribution is 5.84. The second-order valence-corrected chi connectivity index (χ2v) is 9.81. The minimum absolute atomic E-state index is 0.0686. The number of aromatic nitrogens is 6. The Hall–Kier alpha value is -4.14. The van der Waals surface area contributed by atoms with Gasteiger partial charge in [0, 0.05) is 12.6 Å². The van der Waals surface area contributed by atoms with Crippen LogP contribution in [-0.2, 0) is 20.7 Å². The third kappa shape index (κ3) is 5.85. The number of imidazole rings is 1. The second kappa shape index (κ2) is 12.6. The summed E-state index contributed by atoms with van der Waals surface area (Å²) in [6.45, 7) is 6.19. The molecule has 0 amide bonds. The van der Waals surface area contributed by atoms with E-state index in [1.165, 1.54) is 6.33 Å². The molecule has 0 unspecified atom stereocenters. The standard InChI is InChI=1S/C27H34N8O6/c1-4-18(5-2)30-23-19-24(32-27(31-23)34(14-36)12-11-17-9-7-6-8-10-17)35(13-28-19)26-20(38)21(39-15-37)22(40-26)25-29-16(3)33-41-25/h6-10,13,15,18,20-22,26,36,38H,4-5,11-12,14H2,1-3H3,(H,30,31,32)/t20-,21+,22+,26-/m1/s1. The van der Waals surface area contributed by atoms with Crippen molar-refractivity contribution in [2.75, 3.05) is 23.5 Å². The van der Waals surface area contributed by atoms with E-state index in [4.69, 9.17) is 24.0 Å². The zero-order valence-corrected chi connectivity index (χ0v) is 23.1. The molecule has 14 nitrogen and oxygen atoms in total. The third-order valence-corrected chi connectivity index (χ3v) is 7.19. The largest absolute Gasteiger partial charge is 0.458 e. The molecule has 0 saturated carbocycles. The summed E-state index contributed by atoms with van der Waals surface area (Å²) in [5.74, 6) is 1.21. The maximum Gasteiger partial charge on any atom is 0.293 e. The van der Waals surface area contributed by atoms with Crippen molar-refractivity contribution in [1.82, 2.24) is 29.7 Å². The number of nitrogens with one attached hydrogen (secondary N) is 1. The predicted octanol–water partition coefficient (Wildman–Crippen LogP) is 2.29. The van der Waals surface area contributed by atoms with Gasteiger partial charge in [0.05, 0.1) is 6.33 Å². The summed E-state index contributed by atoms with van der Waals surface area (Å²) in [4.78, 5) is 31.2. The lowest BCUT2D eigenvalue weighted by molar-refractivity contribution is -0.140. The van der Waals surface area contributed by atoms with E-state index in [1.54, 1.807) is 16.4 Å². The highest BCUT2D eigenvalue weighted by atomic mass is 16.6. The molecule has 1 aliphatic rings. The number of aryl methyl sites for hydroxylation is 1. The number of hydrogen-bond acceptors (Lipinski definition) is 13. The number of fused-ring (bicyclic) bond motifs is 1. The maximum absolute atomic E-state index is 11.3. The van der Waals surface area contributed by atoms with Crippen molar-refractivity contribution in [3.8, 4) is 0 Å². The number of ether oxygens (including phenoxy) is 2. The number of hydrogen-bond donors (Lipinski definition) is 3. The first-order valence-electron chi connectivity index (χ1n) is 13.6. The number of aliphatic hydroxyl groups excluding tert-OH is 2. The number of anilines is 2. The van der Waals surface area contributed by atoms with Gasteiger partial charge < -0.3 is 34.4 Å². The fourth-order valence-corrected chi connectivity index (χ4v) is 4.89. The second-order valence-electron chi connectivity index (χ2n) is 9.81. The monoisotopic (exact) mass is 566 g/mol. The minimum Gasteiger partial charge on any atom is -0.458 e. The first-order valence-corrected chi connectivity index (χ1v) is 13.6. The van der Waals surface area contributed by atoms with Crippen molar-refractivity contribution < 1.29 is 29.0 Å². The highest BCUT2D eigenvalue weighted by Crippen LogP contribution is 2.41. The number of nitrogens with zero attached hydrogens (tertiary/aromatic N) is 7. The van der Waals surface area contributed by atoms with Crippen molar-refractivity contribution in [3.05, 3.63) is 53.9 Å². The summed E-state index contributed by atoms with van der Waals surface area (Å²) in [7, 11) is 0. The number of carbonyl (C=O) groups is 1. The van der Waals surface area contributed by atoms with Crippen LogP contribution in [0.3, 0.4) is 0 Å². The molecule has 0 spiro atoms. The van der Waals surface area contributed by atoms with Crippen LogP contribution >= 0.6 is 0 Å². The molecule has 1 aromatic carbocycles. The van der Waals surface area contributed by atoms with Gasteiger partial charge in [0.15, 0.2) is 41.2 Å². The summed E-state index contributed by atoms with van der Waals surface area (Å²) in [5.41, 5.74) is 1.93. The topological polar surface area (TPSA) is 174 Å². The average molecular weight is 567 g/mol. The molecular weight excluding hydrogens is 532 g/mol. The summed E-state index contributed by atoms with van der Waals surface area (Å²) >= 11 is 0. The van der Waals surface area contributed by atoms with Crippen LogP contribution in [0.5, 0.6) is 0 Å². The molecule has 218 valence electrons. The molecule has 0 bridgehead atoms. The number of carbonyl (C=O) groups excluding carboxylic acids is 1. The van der Waals surface area contributed by atoms with Crippen LogP contribution in [0.2, 0.25) is 0 Å². The lowest BCUT2D eigenvalue weighted by atomic mass is 10.1.